The van der Waals surface area contributed by atoms with Gasteiger partial charge in [0.25, 0.3) is 5.91 Å². The van der Waals surface area contributed by atoms with Crippen molar-refractivity contribution >= 4 is 45.9 Å². The van der Waals surface area contributed by atoms with Gasteiger partial charge in [0, 0.05) is 57.8 Å². The molecule has 10 heteroatoms. The minimum absolute atomic E-state index is 0.208. The number of aromatic nitrogens is 3. The molecule has 174 valence electrons. The molecular formula is C23H27N5O4S. The van der Waals surface area contributed by atoms with E-state index in [4.69, 9.17) is 9.72 Å². The number of methoxy groups -OCH3 is 1. The van der Waals surface area contributed by atoms with Crippen LogP contribution in [0.15, 0.2) is 29.8 Å². The number of nitrogens with one attached hydrogen (secondary N) is 1. The fourth-order valence-electron chi connectivity index (χ4n) is 3.34. The molecule has 9 nitrogen and oxygen atoms in total. The molecule has 3 heterocycles. The quantitative estimate of drug-likeness (QED) is 0.283. The lowest BCUT2D eigenvalue weighted by molar-refractivity contribution is -0.108. The van der Waals surface area contributed by atoms with Gasteiger partial charge in [-0.3, -0.25) is 9.78 Å². The highest BCUT2D eigenvalue weighted by Crippen LogP contribution is 2.34. The van der Waals surface area contributed by atoms with Gasteiger partial charge in [-0.15, -0.1) is 11.3 Å². The first-order valence-corrected chi connectivity index (χ1v) is 11.7. The number of carbonyl (C=O) groups excluding carboxylic acids is 3. The topological polar surface area (TPSA) is 114 Å². The molecule has 0 aliphatic rings. The van der Waals surface area contributed by atoms with Crippen LogP contribution in [-0.4, -0.2) is 66.8 Å². The highest BCUT2D eigenvalue weighted by molar-refractivity contribution is 7.17. The lowest BCUT2D eigenvalue weighted by Gasteiger charge is -2.23. The monoisotopic (exact) mass is 469 g/mol. The summed E-state index contributed by atoms with van der Waals surface area (Å²) in [5.41, 5.74) is 1.08. The Bertz CT molecular complexity index is 1060. The molecule has 1 N–H and O–H groups in total. The average Bonchev–Trinajstić information content (AvgIpc) is 3.28. The maximum absolute atomic E-state index is 13.0. The van der Waals surface area contributed by atoms with E-state index >= 15 is 0 Å². The largest absolute Gasteiger partial charge is 0.385 e. The van der Waals surface area contributed by atoms with Crippen molar-refractivity contribution in [2.24, 2.45) is 0 Å². The van der Waals surface area contributed by atoms with E-state index < -0.39 is 0 Å². The van der Waals surface area contributed by atoms with Crippen LogP contribution in [0.1, 0.15) is 36.0 Å². The Morgan fingerprint density at radius 1 is 1.15 bits per heavy atom. The Morgan fingerprint density at radius 3 is 2.61 bits per heavy atom. The molecule has 0 aliphatic carbocycles. The third kappa shape index (κ3) is 6.39. The number of nitrogens with zero attached hydrogens (tertiary/aromatic N) is 4. The maximum atomic E-state index is 13.0. The summed E-state index contributed by atoms with van der Waals surface area (Å²) in [6, 6.07) is 5.47. The van der Waals surface area contributed by atoms with E-state index in [-0.39, 0.29) is 18.7 Å². The Labute approximate surface area is 196 Å². The summed E-state index contributed by atoms with van der Waals surface area (Å²) in [6.45, 7) is 1.92. The molecule has 0 fully saturated rings. The summed E-state index contributed by atoms with van der Waals surface area (Å²) in [5.74, 6) is 0.739. The first-order chi connectivity index (χ1) is 16.2. The fourth-order valence-corrected chi connectivity index (χ4v) is 4.25. The number of unbranched alkanes of at least 4 members (excludes halogenated alkanes) is 1. The SMILES string of the molecule is COCCCCNC(=O)c1csc2nc(-c3ccccn3)nc(N(CCC=O)CCC=O)c12. The van der Waals surface area contributed by atoms with E-state index in [0.717, 1.165) is 25.4 Å². The van der Waals surface area contributed by atoms with Gasteiger partial charge in [0.2, 0.25) is 0 Å². The van der Waals surface area contributed by atoms with Crippen molar-refractivity contribution in [1.82, 2.24) is 20.3 Å². The van der Waals surface area contributed by atoms with Crippen LogP contribution in [0.5, 0.6) is 0 Å². The number of pyridine rings is 1. The van der Waals surface area contributed by atoms with Gasteiger partial charge < -0.3 is 24.5 Å². The van der Waals surface area contributed by atoms with Crippen LogP contribution in [0.3, 0.4) is 0 Å². The third-order valence-corrected chi connectivity index (χ3v) is 5.82. The summed E-state index contributed by atoms with van der Waals surface area (Å²) in [5, 5.41) is 5.34. The van der Waals surface area contributed by atoms with Crippen LogP contribution in [0, 0.1) is 0 Å². The highest BCUT2D eigenvalue weighted by atomic mass is 32.1. The highest BCUT2D eigenvalue weighted by Gasteiger charge is 2.23. The molecule has 0 radical (unpaired) electrons. The van der Waals surface area contributed by atoms with Crippen molar-refractivity contribution in [3.8, 4) is 11.5 Å². The molecule has 3 aromatic heterocycles. The molecule has 33 heavy (non-hydrogen) atoms. The Hall–Kier alpha value is -3.24. The standard InChI is InChI=1S/C23H27N5O4S/c1-32-15-5-4-10-25-22(31)17-16-33-23-19(17)21(28(11-6-13-29)12-7-14-30)26-20(27-23)18-8-2-3-9-24-18/h2-3,8-9,13-14,16H,4-7,10-12,15H2,1H3,(H,25,31). The van der Waals surface area contributed by atoms with Gasteiger partial charge in [0.15, 0.2) is 5.82 Å². The molecule has 0 aliphatic heterocycles. The zero-order valence-corrected chi connectivity index (χ0v) is 19.3. The second kappa shape index (κ2) is 12.7. The lowest BCUT2D eigenvalue weighted by atomic mass is 10.2. The first-order valence-electron chi connectivity index (χ1n) is 10.8. The summed E-state index contributed by atoms with van der Waals surface area (Å²) in [7, 11) is 1.65. The Balaban J connectivity index is 2.02. The van der Waals surface area contributed by atoms with Crippen molar-refractivity contribution in [2.75, 3.05) is 38.3 Å². The van der Waals surface area contributed by atoms with Crippen LogP contribution < -0.4 is 10.2 Å². The molecular weight excluding hydrogens is 442 g/mol. The van der Waals surface area contributed by atoms with Gasteiger partial charge >= 0.3 is 0 Å². The molecule has 1 amide bonds. The Morgan fingerprint density at radius 2 is 1.94 bits per heavy atom. The summed E-state index contributed by atoms with van der Waals surface area (Å²) in [6.07, 6.45) is 5.52. The van der Waals surface area contributed by atoms with E-state index in [1.54, 1.807) is 18.7 Å². The molecule has 0 spiro atoms. The molecule has 0 unspecified atom stereocenters. The van der Waals surface area contributed by atoms with Gasteiger partial charge in [0.05, 0.1) is 10.9 Å². The number of rotatable bonds is 14. The third-order valence-electron chi connectivity index (χ3n) is 4.95. The lowest BCUT2D eigenvalue weighted by Crippen LogP contribution is -2.29. The van der Waals surface area contributed by atoms with Gasteiger partial charge in [-0.2, -0.15) is 0 Å². The number of fused-ring (bicyclic) bond motifs is 1. The van der Waals surface area contributed by atoms with E-state index in [1.165, 1.54) is 11.3 Å². The van der Waals surface area contributed by atoms with Crippen molar-refractivity contribution in [1.29, 1.82) is 0 Å². The summed E-state index contributed by atoms with van der Waals surface area (Å²) >= 11 is 1.35. The number of ether oxygens (including phenoxy) is 1. The Kier molecular flexibility index (Phi) is 9.40. The number of hydrogen-bond acceptors (Lipinski definition) is 9. The fraction of sp³-hybridized carbons (Fsp3) is 0.391. The minimum Gasteiger partial charge on any atom is -0.385 e. The maximum Gasteiger partial charge on any atom is 0.252 e. The predicted octanol–water partition coefficient (Wildman–Crippen LogP) is 2.89. The second-order valence-electron chi connectivity index (χ2n) is 7.27. The number of amides is 1. The van der Waals surface area contributed by atoms with E-state index in [1.807, 2.05) is 23.1 Å². The van der Waals surface area contributed by atoms with Gasteiger partial charge in [-0.05, 0) is 25.0 Å². The zero-order chi connectivity index (χ0) is 23.5. The minimum atomic E-state index is -0.208. The molecule has 0 bridgehead atoms. The van der Waals surface area contributed by atoms with Crippen LogP contribution in [0.25, 0.3) is 21.7 Å². The van der Waals surface area contributed by atoms with Crippen LogP contribution in [-0.2, 0) is 14.3 Å². The van der Waals surface area contributed by atoms with E-state index in [2.05, 4.69) is 15.3 Å². The van der Waals surface area contributed by atoms with Gasteiger partial charge in [0.1, 0.15) is 28.9 Å². The van der Waals surface area contributed by atoms with Crippen molar-refractivity contribution < 1.29 is 19.1 Å². The number of hydrogen-bond donors (Lipinski definition) is 1. The summed E-state index contributed by atoms with van der Waals surface area (Å²) in [4.78, 5) is 51.4. The van der Waals surface area contributed by atoms with E-state index in [0.29, 0.717) is 59.4 Å². The number of carbonyl (C=O) groups is 3. The molecule has 0 atom stereocenters. The van der Waals surface area contributed by atoms with Gasteiger partial charge in [-0.25, -0.2) is 9.97 Å². The van der Waals surface area contributed by atoms with Crippen molar-refractivity contribution in [3.63, 3.8) is 0 Å². The molecule has 0 saturated carbocycles. The van der Waals surface area contributed by atoms with Crippen LogP contribution in [0.4, 0.5) is 5.82 Å². The molecule has 0 saturated heterocycles. The summed E-state index contributed by atoms with van der Waals surface area (Å²) < 4.78 is 5.05. The first kappa shape index (κ1) is 24.4. The van der Waals surface area contributed by atoms with Gasteiger partial charge in [-0.1, -0.05) is 6.07 Å². The van der Waals surface area contributed by atoms with Crippen LogP contribution in [0.2, 0.25) is 0 Å². The predicted molar refractivity (Wildman–Crippen MR) is 128 cm³/mol. The normalized spacial score (nSPS) is 10.8. The zero-order valence-electron chi connectivity index (χ0n) is 18.5. The van der Waals surface area contributed by atoms with Crippen LogP contribution >= 0.6 is 11.3 Å². The average molecular weight is 470 g/mol. The number of anilines is 1. The van der Waals surface area contributed by atoms with Crippen molar-refractivity contribution in [3.05, 3.63) is 35.3 Å². The number of aldehydes is 2. The second-order valence-corrected chi connectivity index (χ2v) is 8.13. The van der Waals surface area contributed by atoms with Crippen molar-refractivity contribution in [2.45, 2.75) is 25.7 Å². The van der Waals surface area contributed by atoms with E-state index in [9.17, 15) is 14.4 Å². The molecule has 0 aromatic carbocycles. The smallest absolute Gasteiger partial charge is 0.252 e. The number of thiophene rings is 1. The molecule has 3 rings (SSSR count). The molecule has 3 aromatic rings.